The molecular formula is C18H22N2O3S. The van der Waals surface area contributed by atoms with Gasteiger partial charge in [0.25, 0.3) is 5.91 Å². The number of benzene rings is 1. The van der Waals surface area contributed by atoms with Gasteiger partial charge in [0.1, 0.15) is 16.4 Å². The first kappa shape index (κ1) is 16.6. The van der Waals surface area contributed by atoms with Crippen molar-refractivity contribution in [3.8, 4) is 11.5 Å². The van der Waals surface area contributed by atoms with Crippen LogP contribution in [0.25, 0.3) is 0 Å². The summed E-state index contributed by atoms with van der Waals surface area (Å²) < 4.78 is 11.1. The number of hydrogen-bond donors (Lipinski definition) is 1. The Morgan fingerprint density at radius 3 is 2.96 bits per heavy atom. The van der Waals surface area contributed by atoms with Crippen molar-refractivity contribution in [3.05, 3.63) is 40.6 Å². The van der Waals surface area contributed by atoms with Gasteiger partial charge in [-0.15, -0.1) is 11.3 Å². The molecule has 1 saturated heterocycles. The average Bonchev–Trinajstić information content (AvgIpc) is 3.05. The minimum atomic E-state index is 0.0357. The minimum Gasteiger partial charge on any atom is -0.497 e. The summed E-state index contributed by atoms with van der Waals surface area (Å²) in [5, 5.41) is 1.86. The summed E-state index contributed by atoms with van der Waals surface area (Å²) in [4.78, 5) is 15.1. The van der Waals surface area contributed by atoms with Crippen LogP contribution in [0.5, 0.6) is 11.5 Å². The number of methoxy groups -OCH3 is 1. The van der Waals surface area contributed by atoms with Crippen LogP contribution in [0, 0.1) is 5.92 Å². The number of nitrogens with two attached hydrogens (primary N) is 1. The van der Waals surface area contributed by atoms with E-state index in [0.29, 0.717) is 29.6 Å². The molecule has 0 spiro atoms. The van der Waals surface area contributed by atoms with Crippen LogP contribution in [0.4, 0.5) is 5.69 Å². The van der Waals surface area contributed by atoms with E-state index < -0.39 is 0 Å². The molecule has 1 aliphatic heterocycles. The van der Waals surface area contributed by atoms with Crippen molar-refractivity contribution in [3.63, 3.8) is 0 Å². The van der Waals surface area contributed by atoms with E-state index in [1.807, 2.05) is 34.5 Å². The fraction of sp³-hybridized carbons (Fsp3) is 0.389. The Kier molecular flexibility index (Phi) is 5.25. The van der Waals surface area contributed by atoms with Crippen molar-refractivity contribution in [2.45, 2.75) is 12.8 Å². The molecule has 1 amide bonds. The molecule has 2 aromatic rings. The summed E-state index contributed by atoms with van der Waals surface area (Å²) in [5.41, 5.74) is 6.44. The van der Waals surface area contributed by atoms with Crippen LogP contribution in [0.15, 0.2) is 35.7 Å². The number of ether oxygens (including phenoxy) is 2. The monoisotopic (exact) mass is 346 g/mol. The van der Waals surface area contributed by atoms with E-state index in [1.54, 1.807) is 13.2 Å². The second kappa shape index (κ2) is 7.57. The molecule has 3 rings (SSSR count). The van der Waals surface area contributed by atoms with Gasteiger partial charge < -0.3 is 20.1 Å². The van der Waals surface area contributed by atoms with Crippen LogP contribution in [-0.2, 0) is 0 Å². The predicted octanol–water partition coefficient (Wildman–Crippen LogP) is 3.27. The Balaban J connectivity index is 1.57. The van der Waals surface area contributed by atoms with Crippen molar-refractivity contribution in [2.24, 2.45) is 5.92 Å². The van der Waals surface area contributed by atoms with Gasteiger partial charge in [0, 0.05) is 25.1 Å². The van der Waals surface area contributed by atoms with Crippen LogP contribution >= 0.6 is 11.3 Å². The van der Waals surface area contributed by atoms with Gasteiger partial charge in [-0.05, 0) is 36.4 Å². The molecule has 1 aromatic heterocycles. The molecule has 24 heavy (non-hydrogen) atoms. The highest BCUT2D eigenvalue weighted by Crippen LogP contribution is 2.25. The van der Waals surface area contributed by atoms with E-state index in [-0.39, 0.29) is 5.91 Å². The highest BCUT2D eigenvalue weighted by atomic mass is 32.1. The van der Waals surface area contributed by atoms with Crippen molar-refractivity contribution in [1.29, 1.82) is 0 Å². The second-order valence-electron chi connectivity index (χ2n) is 5.95. The van der Waals surface area contributed by atoms with Gasteiger partial charge in [-0.2, -0.15) is 0 Å². The number of anilines is 1. The summed E-state index contributed by atoms with van der Waals surface area (Å²) in [6.45, 7) is 2.09. The maximum absolute atomic E-state index is 12.6. The van der Waals surface area contributed by atoms with Gasteiger partial charge in [-0.25, -0.2) is 0 Å². The Morgan fingerprint density at radius 2 is 2.21 bits per heavy atom. The number of piperidine rings is 1. The first-order valence-electron chi connectivity index (χ1n) is 8.06. The van der Waals surface area contributed by atoms with Gasteiger partial charge in [-0.1, -0.05) is 6.07 Å². The summed E-state index contributed by atoms with van der Waals surface area (Å²) in [6, 6.07) is 9.37. The van der Waals surface area contributed by atoms with Crippen LogP contribution in [0.2, 0.25) is 0 Å². The third-order valence-electron chi connectivity index (χ3n) is 4.22. The third kappa shape index (κ3) is 3.82. The number of nitrogen functional groups attached to an aromatic ring is 1. The van der Waals surface area contributed by atoms with Crippen molar-refractivity contribution >= 4 is 22.9 Å². The number of hydrogen-bond acceptors (Lipinski definition) is 5. The highest BCUT2D eigenvalue weighted by Gasteiger charge is 2.26. The zero-order valence-corrected chi connectivity index (χ0v) is 14.6. The molecule has 0 radical (unpaired) electrons. The van der Waals surface area contributed by atoms with Crippen LogP contribution in [0.1, 0.15) is 22.5 Å². The maximum atomic E-state index is 12.6. The fourth-order valence-electron chi connectivity index (χ4n) is 2.93. The minimum absolute atomic E-state index is 0.0357. The molecule has 128 valence electrons. The molecule has 2 N–H and O–H groups in total. The predicted molar refractivity (Wildman–Crippen MR) is 95.8 cm³/mol. The molecular weight excluding hydrogens is 324 g/mol. The summed E-state index contributed by atoms with van der Waals surface area (Å²) in [6.07, 6.45) is 2.05. The molecule has 0 saturated carbocycles. The van der Waals surface area contributed by atoms with E-state index in [4.69, 9.17) is 15.2 Å². The largest absolute Gasteiger partial charge is 0.497 e. The van der Waals surface area contributed by atoms with E-state index in [9.17, 15) is 4.79 Å². The van der Waals surface area contributed by atoms with Gasteiger partial charge in [0.15, 0.2) is 0 Å². The van der Waals surface area contributed by atoms with E-state index in [0.717, 1.165) is 30.9 Å². The quantitative estimate of drug-likeness (QED) is 0.902. The lowest BCUT2D eigenvalue weighted by Crippen LogP contribution is -2.41. The Morgan fingerprint density at radius 1 is 1.38 bits per heavy atom. The first-order valence-corrected chi connectivity index (χ1v) is 8.94. The van der Waals surface area contributed by atoms with Gasteiger partial charge in [-0.3, -0.25) is 4.79 Å². The number of nitrogens with zero attached hydrogens (tertiary/aromatic N) is 1. The molecule has 2 heterocycles. The van der Waals surface area contributed by atoms with Crippen LogP contribution < -0.4 is 15.2 Å². The fourth-order valence-corrected chi connectivity index (χ4v) is 3.71. The van der Waals surface area contributed by atoms with Crippen molar-refractivity contribution in [2.75, 3.05) is 32.5 Å². The number of carbonyl (C=O) groups excluding carboxylic acids is 1. The number of rotatable bonds is 5. The second-order valence-corrected chi connectivity index (χ2v) is 6.87. The lowest BCUT2D eigenvalue weighted by atomic mass is 9.99. The third-order valence-corrected chi connectivity index (χ3v) is 5.14. The molecule has 0 unspecified atom stereocenters. The Labute approximate surface area is 146 Å². The first-order chi connectivity index (χ1) is 11.7. The normalized spacial score (nSPS) is 17.5. The van der Waals surface area contributed by atoms with Crippen molar-refractivity contribution in [1.82, 2.24) is 4.90 Å². The molecule has 1 fully saturated rings. The lowest BCUT2D eigenvalue weighted by Gasteiger charge is -2.32. The molecule has 1 atom stereocenters. The summed E-state index contributed by atoms with van der Waals surface area (Å²) >= 11 is 1.41. The molecule has 1 aromatic carbocycles. The maximum Gasteiger partial charge on any atom is 0.266 e. The zero-order valence-electron chi connectivity index (χ0n) is 13.7. The number of thiophene rings is 1. The Bertz CT molecular complexity index is 701. The molecule has 0 aliphatic carbocycles. The molecule has 1 aliphatic rings. The van der Waals surface area contributed by atoms with Gasteiger partial charge in [0.2, 0.25) is 0 Å². The highest BCUT2D eigenvalue weighted by molar-refractivity contribution is 7.12. The van der Waals surface area contributed by atoms with Gasteiger partial charge >= 0.3 is 0 Å². The average molecular weight is 346 g/mol. The van der Waals surface area contributed by atoms with Crippen LogP contribution in [0.3, 0.4) is 0 Å². The standard InChI is InChI=1S/C18H22N2O3S/c1-22-14-5-2-6-15(10-14)23-12-13-4-3-8-20(11-13)18(21)17-16(19)7-9-24-17/h2,5-7,9-10,13H,3-4,8,11-12,19H2,1H3/t13-/m0/s1. The van der Waals surface area contributed by atoms with E-state index in [2.05, 4.69) is 0 Å². The summed E-state index contributed by atoms with van der Waals surface area (Å²) in [5.74, 6) is 1.94. The van der Waals surface area contributed by atoms with E-state index >= 15 is 0 Å². The van der Waals surface area contributed by atoms with E-state index in [1.165, 1.54) is 11.3 Å². The Hall–Kier alpha value is -2.21. The number of likely N-dealkylation sites (tertiary alicyclic amines) is 1. The number of carbonyl (C=O) groups is 1. The topological polar surface area (TPSA) is 64.8 Å². The lowest BCUT2D eigenvalue weighted by molar-refractivity contribution is 0.0639. The number of amides is 1. The molecule has 6 heteroatoms. The molecule has 5 nitrogen and oxygen atoms in total. The van der Waals surface area contributed by atoms with Gasteiger partial charge in [0.05, 0.1) is 19.4 Å². The summed E-state index contributed by atoms with van der Waals surface area (Å²) in [7, 11) is 1.64. The van der Waals surface area contributed by atoms with Crippen molar-refractivity contribution < 1.29 is 14.3 Å². The SMILES string of the molecule is COc1cccc(OC[C@H]2CCCN(C(=O)c3sccc3N)C2)c1. The van der Waals surface area contributed by atoms with Crippen LogP contribution in [-0.4, -0.2) is 37.6 Å². The molecule has 0 bridgehead atoms. The smallest absolute Gasteiger partial charge is 0.266 e. The zero-order chi connectivity index (χ0) is 16.9.